The summed E-state index contributed by atoms with van der Waals surface area (Å²) in [6, 6.07) is 26.0. The van der Waals surface area contributed by atoms with E-state index in [1.807, 2.05) is 59.2 Å². The quantitative estimate of drug-likeness (QED) is 0.248. The number of piperazine rings is 1. The van der Waals surface area contributed by atoms with E-state index < -0.39 is 11.7 Å². The standard InChI is InChI=1S/C33H35N5O2/c1-2-25-11-8-13-30(34-25)37-21-19-36(20-22-37)27-16-14-26(15-17-27)35-33(40)32(39)31-29(24-9-4-3-5-10-24)23-28-12-6-7-18-38(28)31/h3-5,8-11,13-17,23H,2,6-7,12,18-22H2,1H3,(H,35,40). The van der Waals surface area contributed by atoms with Gasteiger partial charge in [-0.1, -0.05) is 43.3 Å². The maximum Gasteiger partial charge on any atom is 0.298 e. The Labute approximate surface area is 235 Å². The molecule has 1 N–H and O–H groups in total. The summed E-state index contributed by atoms with van der Waals surface area (Å²) >= 11 is 0. The molecular formula is C33H35N5O2. The number of benzene rings is 2. The fraction of sp³-hybridized carbons (Fsp3) is 0.303. The van der Waals surface area contributed by atoms with Gasteiger partial charge in [-0.05, 0) is 73.7 Å². The third-order valence-electron chi connectivity index (χ3n) is 8.00. The lowest BCUT2D eigenvalue weighted by Gasteiger charge is -2.37. The van der Waals surface area contributed by atoms with Crippen LogP contribution in [-0.4, -0.2) is 47.4 Å². The van der Waals surface area contributed by atoms with Crippen molar-refractivity contribution >= 4 is 28.9 Å². The maximum absolute atomic E-state index is 13.5. The molecule has 2 aromatic carbocycles. The van der Waals surface area contributed by atoms with Crippen molar-refractivity contribution in [2.24, 2.45) is 0 Å². The second-order valence-electron chi connectivity index (χ2n) is 10.5. The fourth-order valence-electron chi connectivity index (χ4n) is 5.81. The van der Waals surface area contributed by atoms with Crippen LogP contribution < -0.4 is 15.1 Å². The van der Waals surface area contributed by atoms with Crippen LogP contribution in [0.25, 0.3) is 11.1 Å². The minimum absolute atomic E-state index is 0.492. The number of fused-ring (bicyclic) bond motifs is 1. The van der Waals surface area contributed by atoms with Gasteiger partial charge in [0.1, 0.15) is 11.5 Å². The maximum atomic E-state index is 13.5. The second kappa shape index (κ2) is 11.4. The summed E-state index contributed by atoms with van der Waals surface area (Å²) in [5.41, 5.74) is 6.25. The van der Waals surface area contributed by atoms with E-state index in [1.54, 1.807) is 0 Å². The van der Waals surface area contributed by atoms with E-state index >= 15 is 0 Å². The van der Waals surface area contributed by atoms with Crippen LogP contribution in [0.4, 0.5) is 17.2 Å². The molecule has 7 heteroatoms. The molecule has 1 fully saturated rings. The van der Waals surface area contributed by atoms with Gasteiger partial charge in [0.25, 0.3) is 11.7 Å². The zero-order chi connectivity index (χ0) is 27.5. The van der Waals surface area contributed by atoms with Crippen molar-refractivity contribution < 1.29 is 9.59 Å². The van der Waals surface area contributed by atoms with Crippen LogP contribution in [0.15, 0.2) is 78.9 Å². The van der Waals surface area contributed by atoms with E-state index in [9.17, 15) is 9.59 Å². The largest absolute Gasteiger partial charge is 0.368 e. The third kappa shape index (κ3) is 5.24. The molecule has 0 radical (unpaired) electrons. The number of aromatic nitrogens is 2. The van der Waals surface area contributed by atoms with Gasteiger partial charge >= 0.3 is 0 Å². The van der Waals surface area contributed by atoms with Crippen LogP contribution in [0.2, 0.25) is 0 Å². The number of amides is 1. The lowest BCUT2D eigenvalue weighted by molar-refractivity contribution is -0.112. The molecular weight excluding hydrogens is 498 g/mol. The van der Waals surface area contributed by atoms with E-state index in [0.29, 0.717) is 11.4 Å². The Morgan fingerprint density at radius 3 is 2.33 bits per heavy atom. The highest BCUT2D eigenvalue weighted by atomic mass is 16.2. The molecule has 0 aliphatic carbocycles. The molecule has 1 amide bonds. The number of Topliss-reactive ketones (excluding diaryl/α,β-unsaturated/α-hetero) is 1. The Kier molecular flexibility index (Phi) is 7.36. The van der Waals surface area contributed by atoms with E-state index in [0.717, 1.165) is 92.4 Å². The van der Waals surface area contributed by atoms with Gasteiger partial charge in [0.05, 0.1) is 0 Å². The molecule has 0 spiro atoms. The number of hydrogen-bond acceptors (Lipinski definition) is 5. The van der Waals surface area contributed by atoms with Crippen molar-refractivity contribution in [2.45, 2.75) is 39.2 Å². The number of nitrogens with one attached hydrogen (secondary N) is 1. The minimum Gasteiger partial charge on any atom is -0.368 e. The highest BCUT2D eigenvalue weighted by Crippen LogP contribution is 2.31. The van der Waals surface area contributed by atoms with Crippen LogP contribution in [0.3, 0.4) is 0 Å². The molecule has 0 bridgehead atoms. The van der Waals surface area contributed by atoms with Crippen molar-refractivity contribution in [3.63, 3.8) is 0 Å². The van der Waals surface area contributed by atoms with Crippen LogP contribution in [-0.2, 0) is 24.2 Å². The van der Waals surface area contributed by atoms with Gasteiger partial charge in [-0.3, -0.25) is 9.59 Å². The Balaban J connectivity index is 1.12. The van der Waals surface area contributed by atoms with Gasteiger partial charge in [0.15, 0.2) is 0 Å². The summed E-state index contributed by atoms with van der Waals surface area (Å²) in [4.78, 5) is 36.2. The van der Waals surface area contributed by atoms with Gasteiger partial charge in [-0.15, -0.1) is 0 Å². The molecule has 2 aromatic heterocycles. The Hall–Kier alpha value is -4.39. The highest BCUT2D eigenvalue weighted by molar-refractivity contribution is 6.47. The molecule has 2 aliphatic rings. The molecule has 7 nitrogen and oxygen atoms in total. The molecule has 4 aromatic rings. The first-order valence-electron chi connectivity index (χ1n) is 14.3. The number of carbonyl (C=O) groups is 2. The van der Waals surface area contributed by atoms with Crippen molar-refractivity contribution in [2.75, 3.05) is 41.3 Å². The van der Waals surface area contributed by atoms with Crippen molar-refractivity contribution in [1.29, 1.82) is 0 Å². The molecule has 204 valence electrons. The predicted octanol–water partition coefficient (Wildman–Crippen LogP) is 5.60. The molecule has 40 heavy (non-hydrogen) atoms. The summed E-state index contributed by atoms with van der Waals surface area (Å²) in [7, 11) is 0. The van der Waals surface area contributed by atoms with Gasteiger partial charge in [-0.2, -0.15) is 0 Å². The summed E-state index contributed by atoms with van der Waals surface area (Å²) in [6.45, 7) is 6.48. The number of hydrogen-bond donors (Lipinski definition) is 1. The third-order valence-corrected chi connectivity index (χ3v) is 8.00. The van der Waals surface area contributed by atoms with Crippen LogP contribution in [0.5, 0.6) is 0 Å². The van der Waals surface area contributed by atoms with E-state index in [2.05, 4.69) is 46.3 Å². The number of aryl methyl sites for hydroxylation is 2. The first-order valence-corrected chi connectivity index (χ1v) is 14.3. The average molecular weight is 534 g/mol. The smallest absolute Gasteiger partial charge is 0.298 e. The molecule has 6 rings (SSSR count). The Morgan fingerprint density at radius 1 is 0.825 bits per heavy atom. The summed E-state index contributed by atoms with van der Waals surface area (Å²) in [6.07, 6.45) is 3.97. The Bertz CT molecular complexity index is 1500. The number of carbonyl (C=O) groups excluding carboxylic acids is 2. The van der Waals surface area contributed by atoms with E-state index in [-0.39, 0.29) is 0 Å². The second-order valence-corrected chi connectivity index (χ2v) is 10.5. The van der Waals surface area contributed by atoms with Crippen LogP contribution in [0.1, 0.15) is 41.6 Å². The van der Waals surface area contributed by atoms with Crippen LogP contribution in [0, 0.1) is 0 Å². The van der Waals surface area contributed by atoms with Gasteiger partial charge < -0.3 is 19.7 Å². The summed E-state index contributed by atoms with van der Waals surface area (Å²) < 4.78 is 2.05. The summed E-state index contributed by atoms with van der Waals surface area (Å²) in [5, 5.41) is 2.85. The van der Waals surface area contributed by atoms with Gasteiger partial charge in [-0.25, -0.2) is 4.98 Å². The number of anilines is 3. The van der Waals surface area contributed by atoms with Crippen molar-refractivity contribution in [3.05, 3.63) is 95.9 Å². The molecule has 2 aliphatic heterocycles. The molecule has 1 saturated heterocycles. The number of ketones is 1. The van der Waals surface area contributed by atoms with E-state index in [4.69, 9.17) is 4.98 Å². The lowest BCUT2D eigenvalue weighted by Crippen LogP contribution is -2.46. The van der Waals surface area contributed by atoms with Crippen molar-refractivity contribution in [3.8, 4) is 11.1 Å². The molecule has 4 heterocycles. The predicted molar refractivity (Wildman–Crippen MR) is 160 cm³/mol. The van der Waals surface area contributed by atoms with E-state index in [1.165, 1.54) is 0 Å². The number of nitrogens with zero attached hydrogens (tertiary/aromatic N) is 4. The minimum atomic E-state index is -0.605. The first kappa shape index (κ1) is 25.9. The van der Waals surface area contributed by atoms with Crippen molar-refractivity contribution in [1.82, 2.24) is 9.55 Å². The fourth-order valence-corrected chi connectivity index (χ4v) is 5.81. The highest BCUT2D eigenvalue weighted by Gasteiger charge is 2.28. The van der Waals surface area contributed by atoms with Gasteiger partial charge in [0, 0.05) is 61.0 Å². The summed E-state index contributed by atoms with van der Waals surface area (Å²) in [5.74, 6) is -0.0545. The van der Waals surface area contributed by atoms with Crippen LogP contribution >= 0.6 is 0 Å². The average Bonchev–Trinajstić information content (AvgIpc) is 3.41. The normalized spacial score (nSPS) is 15.0. The zero-order valence-electron chi connectivity index (χ0n) is 23.0. The molecule has 0 atom stereocenters. The molecule has 0 unspecified atom stereocenters. The first-order chi connectivity index (χ1) is 19.6. The van der Waals surface area contributed by atoms with Gasteiger partial charge in [0.2, 0.25) is 0 Å². The SMILES string of the molecule is CCc1cccc(N2CCN(c3ccc(NC(=O)C(=O)c4c(-c5ccccc5)cc5n4CCCC5)cc3)CC2)n1. The molecule has 0 saturated carbocycles. The topological polar surface area (TPSA) is 70.5 Å². The lowest BCUT2D eigenvalue weighted by atomic mass is 10.0. The monoisotopic (exact) mass is 533 g/mol. The number of pyridine rings is 1. The zero-order valence-corrected chi connectivity index (χ0v) is 23.0. The Morgan fingerprint density at radius 2 is 1.57 bits per heavy atom. The number of rotatable bonds is 7.